The number of esters is 3. The third-order valence-electron chi connectivity index (χ3n) is 11.1. The molecule has 0 aromatic rings. The summed E-state index contributed by atoms with van der Waals surface area (Å²) in [5.41, 5.74) is 0. The van der Waals surface area contributed by atoms with Crippen LogP contribution in [0, 0.1) is 0 Å². The second-order valence-electron chi connectivity index (χ2n) is 17.7. The van der Waals surface area contributed by atoms with Crippen molar-refractivity contribution in [2.75, 3.05) is 13.2 Å². The van der Waals surface area contributed by atoms with Crippen LogP contribution in [0.15, 0.2) is 134 Å². The van der Waals surface area contributed by atoms with E-state index < -0.39 is 6.10 Å². The fraction of sp³-hybridized carbons (Fsp3) is 0.603. The molecule has 0 aromatic heterocycles. The summed E-state index contributed by atoms with van der Waals surface area (Å²) in [6.45, 7) is 6.22. The molecule has 0 radical (unpaired) electrons. The number of hydrogen-bond donors (Lipinski definition) is 0. The van der Waals surface area contributed by atoms with Gasteiger partial charge in [0.25, 0.3) is 0 Å². The molecule has 0 spiro atoms. The summed E-state index contributed by atoms with van der Waals surface area (Å²) in [5, 5.41) is 0. The molecule has 0 aliphatic carbocycles. The van der Waals surface area contributed by atoms with E-state index in [1.807, 2.05) is 0 Å². The van der Waals surface area contributed by atoms with Gasteiger partial charge in [-0.1, -0.05) is 212 Å². The van der Waals surface area contributed by atoms with Gasteiger partial charge in [-0.25, -0.2) is 0 Å². The number of allylic oxidation sites excluding steroid dienone is 22. The van der Waals surface area contributed by atoms with Crippen LogP contribution >= 0.6 is 0 Å². The van der Waals surface area contributed by atoms with Crippen LogP contribution in [0.4, 0.5) is 0 Å². The van der Waals surface area contributed by atoms with Crippen molar-refractivity contribution in [3.63, 3.8) is 0 Å². The molecule has 0 aromatic carbocycles. The standard InChI is InChI=1S/C63H100O6/c1-4-7-10-13-16-19-22-25-27-28-29-30-31-32-33-34-36-38-41-44-47-50-53-56-62(65)68-59-60(58-67-61(64)55-52-49-46-43-40-37-24-21-18-15-12-9-6-3)69-63(66)57-54-51-48-45-42-39-35-26-23-20-17-14-11-8-5-2/h7-12,16-21,25-27,29-30,35,37,40,42,45,60H,4-6,13-15,22-24,28,31-34,36,38-39,41,43-44,46-59H2,1-3H3/b10-7-,11-8-,12-9-,19-16-,20-17-,21-18-,27-25-,30-29-,35-26-,40-37-,45-42-. The summed E-state index contributed by atoms with van der Waals surface area (Å²) in [6.07, 6.45) is 78.8. The topological polar surface area (TPSA) is 78.9 Å². The SMILES string of the molecule is CC/C=C\C/C=C\C/C=C\C/C=C\CCCCCCCCCCCCC(=O)OCC(COC(=O)CCCCC/C=C\C/C=C\C/C=C\CC)OC(=O)CCCC/C=C\C/C=C\C/C=C\C/C=C\CC. The first-order valence-corrected chi connectivity index (χ1v) is 27.7. The minimum Gasteiger partial charge on any atom is -0.462 e. The molecule has 6 nitrogen and oxygen atoms in total. The van der Waals surface area contributed by atoms with Crippen LogP contribution in [0.5, 0.6) is 0 Å². The van der Waals surface area contributed by atoms with Crippen molar-refractivity contribution < 1.29 is 28.6 Å². The Kier molecular flexibility index (Phi) is 52.5. The molecule has 0 saturated carbocycles. The number of rotatable bonds is 48. The average Bonchev–Trinajstić information content (AvgIpc) is 3.35. The van der Waals surface area contributed by atoms with Crippen molar-refractivity contribution in [2.45, 2.75) is 232 Å². The molecule has 6 heteroatoms. The van der Waals surface area contributed by atoms with Crippen LogP contribution in [0.3, 0.4) is 0 Å². The summed E-state index contributed by atoms with van der Waals surface area (Å²) < 4.78 is 16.8. The van der Waals surface area contributed by atoms with Crippen molar-refractivity contribution in [3.8, 4) is 0 Å². The van der Waals surface area contributed by atoms with Crippen LogP contribution in [-0.4, -0.2) is 37.2 Å². The minimum atomic E-state index is -0.818. The lowest BCUT2D eigenvalue weighted by Crippen LogP contribution is -2.30. The van der Waals surface area contributed by atoms with Gasteiger partial charge in [0.2, 0.25) is 0 Å². The molecular formula is C63H100O6. The van der Waals surface area contributed by atoms with Crippen LogP contribution in [-0.2, 0) is 28.6 Å². The Balaban J connectivity index is 4.43. The van der Waals surface area contributed by atoms with Gasteiger partial charge in [-0.15, -0.1) is 0 Å². The summed E-state index contributed by atoms with van der Waals surface area (Å²) >= 11 is 0. The Morgan fingerprint density at radius 1 is 0.290 bits per heavy atom. The molecule has 0 N–H and O–H groups in total. The lowest BCUT2D eigenvalue weighted by molar-refractivity contribution is -0.167. The third-order valence-corrected chi connectivity index (χ3v) is 11.1. The van der Waals surface area contributed by atoms with Crippen molar-refractivity contribution >= 4 is 17.9 Å². The van der Waals surface area contributed by atoms with E-state index in [0.717, 1.165) is 128 Å². The molecule has 0 aliphatic heterocycles. The van der Waals surface area contributed by atoms with Gasteiger partial charge in [-0.2, -0.15) is 0 Å². The molecular weight excluding hydrogens is 853 g/mol. The predicted octanol–water partition coefficient (Wildman–Crippen LogP) is 18.6. The molecule has 0 rings (SSSR count). The molecule has 0 bridgehead atoms. The van der Waals surface area contributed by atoms with Crippen molar-refractivity contribution in [2.24, 2.45) is 0 Å². The van der Waals surface area contributed by atoms with E-state index in [0.29, 0.717) is 19.3 Å². The summed E-state index contributed by atoms with van der Waals surface area (Å²) in [4.78, 5) is 38.1. The van der Waals surface area contributed by atoms with E-state index in [1.54, 1.807) is 0 Å². The fourth-order valence-corrected chi connectivity index (χ4v) is 7.08. The highest BCUT2D eigenvalue weighted by molar-refractivity contribution is 5.71. The van der Waals surface area contributed by atoms with Gasteiger partial charge < -0.3 is 14.2 Å². The van der Waals surface area contributed by atoms with Crippen LogP contribution < -0.4 is 0 Å². The molecule has 0 saturated heterocycles. The smallest absolute Gasteiger partial charge is 0.306 e. The van der Waals surface area contributed by atoms with Gasteiger partial charge in [0.15, 0.2) is 6.10 Å². The summed E-state index contributed by atoms with van der Waals surface area (Å²) in [6, 6.07) is 0. The second kappa shape index (κ2) is 56.1. The van der Waals surface area contributed by atoms with Gasteiger partial charge >= 0.3 is 17.9 Å². The van der Waals surface area contributed by atoms with Crippen molar-refractivity contribution in [1.82, 2.24) is 0 Å². The highest BCUT2D eigenvalue weighted by Crippen LogP contribution is 2.14. The molecule has 0 amide bonds. The summed E-state index contributed by atoms with van der Waals surface area (Å²) in [7, 11) is 0. The lowest BCUT2D eigenvalue weighted by atomic mass is 10.1. The number of ether oxygens (including phenoxy) is 3. The molecule has 0 aliphatic rings. The van der Waals surface area contributed by atoms with E-state index in [9.17, 15) is 14.4 Å². The van der Waals surface area contributed by atoms with Gasteiger partial charge in [0.1, 0.15) is 13.2 Å². The highest BCUT2D eigenvalue weighted by Gasteiger charge is 2.19. The monoisotopic (exact) mass is 953 g/mol. The molecule has 69 heavy (non-hydrogen) atoms. The molecule has 0 heterocycles. The van der Waals surface area contributed by atoms with E-state index in [-0.39, 0.29) is 37.5 Å². The zero-order valence-electron chi connectivity index (χ0n) is 44.3. The Hall–Kier alpha value is -4.45. The van der Waals surface area contributed by atoms with E-state index in [1.165, 1.54) is 51.4 Å². The maximum Gasteiger partial charge on any atom is 0.306 e. The van der Waals surface area contributed by atoms with E-state index in [4.69, 9.17) is 14.2 Å². The van der Waals surface area contributed by atoms with E-state index >= 15 is 0 Å². The Labute approximate surface area is 424 Å². The maximum atomic E-state index is 12.8. The maximum absolute atomic E-state index is 12.8. The normalized spacial score (nSPS) is 13.1. The number of hydrogen-bond acceptors (Lipinski definition) is 6. The average molecular weight is 953 g/mol. The van der Waals surface area contributed by atoms with Crippen LogP contribution in [0.1, 0.15) is 226 Å². The molecule has 0 fully saturated rings. The van der Waals surface area contributed by atoms with Crippen LogP contribution in [0.25, 0.3) is 0 Å². The zero-order valence-corrected chi connectivity index (χ0v) is 44.3. The van der Waals surface area contributed by atoms with Crippen molar-refractivity contribution in [1.29, 1.82) is 0 Å². The third kappa shape index (κ3) is 54.4. The Morgan fingerprint density at radius 2 is 0.522 bits per heavy atom. The molecule has 388 valence electrons. The highest BCUT2D eigenvalue weighted by atomic mass is 16.6. The Bertz CT molecular complexity index is 1510. The van der Waals surface area contributed by atoms with Gasteiger partial charge in [0.05, 0.1) is 0 Å². The predicted molar refractivity (Wildman–Crippen MR) is 297 cm³/mol. The molecule has 1 unspecified atom stereocenters. The zero-order chi connectivity index (χ0) is 50.0. The van der Waals surface area contributed by atoms with Gasteiger partial charge in [-0.05, 0) is 128 Å². The van der Waals surface area contributed by atoms with E-state index in [2.05, 4.69) is 154 Å². The summed E-state index contributed by atoms with van der Waals surface area (Å²) in [5.74, 6) is -0.994. The number of unbranched alkanes of at least 4 members (excludes halogenated alkanes) is 15. The largest absolute Gasteiger partial charge is 0.462 e. The molecule has 1 atom stereocenters. The Morgan fingerprint density at radius 3 is 0.855 bits per heavy atom. The first-order chi connectivity index (χ1) is 34.0. The number of carbonyl (C=O) groups excluding carboxylic acids is 3. The van der Waals surface area contributed by atoms with Crippen LogP contribution in [0.2, 0.25) is 0 Å². The van der Waals surface area contributed by atoms with Crippen molar-refractivity contribution in [3.05, 3.63) is 134 Å². The fourth-order valence-electron chi connectivity index (χ4n) is 7.08. The lowest BCUT2D eigenvalue weighted by Gasteiger charge is -2.18. The van der Waals surface area contributed by atoms with Gasteiger partial charge in [0, 0.05) is 19.3 Å². The quantitative estimate of drug-likeness (QED) is 0.0262. The first kappa shape index (κ1) is 64.5. The first-order valence-electron chi connectivity index (χ1n) is 27.7. The van der Waals surface area contributed by atoms with Gasteiger partial charge in [-0.3, -0.25) is 14.4 Å². The number of carbonyl (C=O) groups is 3. The second-order valence-corrected chi connectivity index (χ2v) is 17.7. The minimum absolute atomic E-state index is 0.111.